The van der Waals surface area contributed by atoms with Gasteiger partial charge in [-0.25, -0.2) is 0 Å². The molecule has 1 unspecified atom stereocenters. The highest BCUT2D eigenvalue weighted by atomic mass is 35.5. The Bertz CT molecular complexity index is 765. The van der Waals surface area contributed by atoms with Gasteiger partial charge in [-0.15, -0.1) is 11.8 Å². The van der Waals surface area contributed by atoms with Gasteiger partial charge in [-0.3, -0.25) is 9.59 Å². The molecule has 0 spiro atoms. The molecule has 4 nitrogen and oxygen atoms in total. The van der Waals surface area contributed by atoms with E-state index < -0.39 is 6.04 Å². The topological polar surface area (TPSA) is 49.4 Å². The van der Waals surface area contributed by atoms with Crippen LogP contribution in [0.1, 0.15) is 18.1 Å². The molecule has 1 N–H and O–H groups in total. The number of carbonyl (C=O) groups is 2. The number of amides is 2. The van der Waals surface area contributed by atoms with E-state index in [4.69, 9.17) is 11.6 Å². The summed E-state index contributed by atoms with van der Waals surface area (Å²) in [5.74, 6) is -0.0160. The minimum absolute atomic E-state index is 0.0911. The highest BCUT2D eigenvalue weighted by Gasteiger charge is 2.25. The molecule has 0 aliphatic rings. The van der Waals surface area contributed by atoms with Crippen LogP contribution in [0.25, 0.3) is 0 Å². The second-order valence-corrected chi connectivity index (χ2v) is 7.53. The highest BCUT2D eigenvalue weighted by Crippen LogP contribution is 2.21. The first kappa shape index (κ1) is 20.3. The van der Waals surface area contributed by atoms with Crippen molar-refractivity contribution in [2.75, 3.05) is 12.8 Å². The van der Waals surface area contributed by atoms with Gasteiger partial charge >= 0.3 is 0 Å². The summed E-state index contributed by atoms with van der Waals surface area (Å²) in [5, 5.41) is 3.22. The Morgan fingerprint density at radius 2 is 1.88 bits per heavy atom. The van der Waals surface area contributed by atoms with E-state index in [0.717, 1.165) is 10.5 Å². The summed E-state index contributed by atoms with van der Waals surface area (Å²) in [6.45, 7) is 4.09. The van der Waals surface area contributed by atoms with Gasteiger partial charge in [-0.1, -0.05) is 41.4 Å². The fraction of sp³-hybridized carbons (Fsp3) is 0.300. The molecule has 0 saturated carbocycles. The van der Waals surface area contributed by atoms with E-state index in [1.807, 2.05) is 49.4 Å². The van der Waals surface area contributed by atoms with Crippen LogP contribution < -0.4 is 5.32 Å². The van der Waals surface area contributed by atoms with Crippen LogP contribution in [-0.2, 0) is 16.1 Å². The summed E-state index contributed by atoms with van der Waals surface area (Å²) in [6, 6.07) is 14.8. The van der Waals surface area contributed by atoms with Gasteiger partial charge in [0.25, 0.3) is 0 Å². The molecule has 0 saturated heterocycles. The SMILES string of the molecule is CNC(=O)C(C)N(Cc1cccc(Cl)c1)C(=O)CSc1ccc(C)cc1. The molecule has 6 heteroatoms. The van der Waals surface area contributed by atoms with Crippen LogP contribution in [-0.4, -0.2) is 35.6 Å². The molecule has 0 heterocycles. The Hall–Kier alpha value is -1.98. The zero-order valence-corrected chi connectivity index (χ0v) is 16.7. The average Bonchev–Trinajstić information content (AvgIpc) is 2.64. The molecular weight excluding hydrogens is 368 g/mol. The van der Waals surface area contributed by atoms with Crippen LogP contribution in [0.2, 0.25) is 5.02 Å². The lowest BCUT2D eigenvalue weighted by Crippen LogP contribution is -2.47. The van der Waals surface area contributed by atoms with E-state index >= 15 is 0 Å². The highest BCUT2D eigenvalue weighted by molar-refractivity contribution is 8.00. The van der Waals surface area contributed by atoms with Gasteiger partial charge in [0.05, 0.1) is 5.75 Å². The normalized spacial score (nSPS) is 11.7. The molecule has 0 aliphatic carbocycles. The van der Waals surface area contributed by atoms with Crippen molar-refractivity contribution in [1.82, 2.24) is 10.2 Å². The molecule has 138 valence electrons. The molecule has 2 aromatic carbocycles. The summed E-state index contributed by atoms with van der Waals surface area (Å²) in [5.41, 5.74) is 2.07. The zero-order chi connectivity index (χ0) is 19.1. The van der Waals surface area contributed by atoms with Crippen molar-refractivity contribution >= 4 is 35.2 Å². The number of aryl methyl sites for hydroxylation is 1. The number of carbonyl (C=O) groups excluding carboxylic acids is 2. The van der Waals surface area contributed by atoms with Crippen molar-refractivity contribution < 1.29 is 9.59 Å². The summed E-state index contributed by atoms with van der Waals surface area (Å²) in [4.78, 5) is 27.5. The molecular formula is C20H23ClN2O2S. The third-order valence-corrected chi connectivity index (χ3v) is 5.27. The number of halogens is 1. The Morgan fingerprint density at radius 1 is 1.19 bits per heavy atom. The van der Waals surface area contributed by atoms with E-state index in [2.05, 4.69) is 5.32 Å². The standard InChI is InChI=1S/C20H23ClN2O2S/c1-14-7-9-18(10-8-14)26-13-19(24)23(15(2)20(25)22-3)12-16-5-4-6-17(21)11-16/h4-11,15H,12-13H2,1-3H3,(H,22,25). The van der Waals surface area contributed by atoms with Crippen molar-refractivity contribution in [2.24, 2.45) is 0 Å². The number of rotatable bonds is 7. The first-order valence-electron chi connectivity index (χ1n) is 8.35. The van der Waals surface area contributed by atoms with Gasteiger partial charge in [0.1, 0.15) is 6.04 Å². The van der Waals surface area contributed by atoms with Crippen LogP contribution in [0.5, 0.6) is 0 Å². The van der Waals surface area contributed by atoms with Gasteiger partial charge < -0.3 is 10.2 Å². The zero-order valence-electron chi connectivity index (χ0n) is 15.2. The predicted octanol–water partition coefficient (Wildman–Crippen LogP) is 3.90. The number of likely N-dealkylation sites (N-methyl/N-ethyl adjacent to an activating group) is 1. The molecule has 2 aromatic rings. The lowest BCUT2D eigenvalue weighted by molar-refractivity contribution is -0.138. The van der Waals surface area contributed by atoms with Crippen LogP contribution in [0, 0.1) is 6.92 Å². The van der Waals surface area contributed by atoms with E-state index in [-0.39, 0.29) is 17.6 Å². The van der Waals surface area contributed by atoms with E-state index in [0.29, 0.717) is 11.6 Å². The summed E-state index contributed by atoms with van der Waals surface area (Å²) < 4.78 is 0. The van der Waals surface area contributed by atoms with Crippen LogP contribution in [0.3, 0.4) is 0 Å². The number of nitrogens with zero attached hydrogens (tertiary/aromatic N) is 1. The largest absolute Gasteiger partial charge is 0.357 e. The van der Waals surface area contributed by atoms with Crippen LogP contribution in [0.4, 0.5) is 0 Å². The van der Waals surface area contributed by atoms with Crippen molar-refractivity contribution in [3.05, 3.63) is 64.7 Å². The monoisotopic (exact) mass is 390 g/mol. The maximum absolute atomic E-state index is 12.8. The molecule has 0 aromatic heterocycles. The lowest BCUT2D eigenvalue weighted by Gasteiger charge is -2.28. The number of hydrogen-bond acceptors (Lipinski definition) is 3. The fourth-order valence-electron chi connectivity index (χ4n) is 2.49. The molecule has 1 atom stereocenters. The van der Waals surface area contributed by atoms with Crippen molar-refractivity contribution in [2.45, 2.75) is 31.3 Å². The van der Waals surface area contributed by atoms with Gasteiger partial charge in [-0.05, 0) is 43.7 Å². The predicted molar refractivity (Wildman–Crippen MR) is 107 cm³/mol. The third-order valence-electron chi connectivity index (χ3n) is 4.04. The van der Waals surface area contributed by atoms with Crippen molar-refractivity contribution in [3.63, 3.8) is 0 Å². The van der Waals surface area contributed by atoms with Crippen molar-refractivity contribution in [1.29, 1.82) is 0 Å². The Kier molecular flexibility index (Phi) is 7.54. The first-order chi connectivity index (χ1) is 12.4. The second-order valence-electron chi connectivity index (χ2n) is 6.04. The van der Waals surface area contributed by atoms with Gasteiger partial charge in [0, 0.05) is 23.5 Å². The summed E-state index contributed by atoms with van der Waals surface area (Å²) in [6.07, 6.45) is 0. The third kappa shape index (κ3) is 5.78. The molecule has 2 rings (SSSR count). The molecule has 0 aliphatic heterocycles. The molecule has 2 amide bonds. The second kappa shape index (κ2) is 9.64. The summed E-state index contributed by atoms with van der Waals surface area (Å²) in [7, 11) is 1.57. The van der Waals surface area contributed by atoms with E-state index in [9.17, 15) is 9.59 Å². The molecule has 0 fully saturated rings. The van der Waals surface area contributed by atoms with Crippen LogP contribution >= 0.6 is 23.4 Å². The fourth-order valence-corrected chi connectivity index (χ4v) is 3.48. The number of nitrogens with one attached hydrogen (secondary N) is 1. The minimum atomic E-state index is -0.565. The van der Waals surface area contributed by atoms with Gasteiger partial charge in [-0.2, -0.15) is 0 Å². The summed E-state index contributed by atoms with van der Waals surface area (Å²) >= 11 is 7.51. The number of benzene rings is 2. The maximum Gasteiger partial charge on any atom is 0.242 e. The maximum atomic E-state index is 12.8. The van der Waals surface area contributed by atoms with E-state index in [1.54, 1.807) is 24.9 Å². The number of hydrogen-bond donors (Lipinski definition) is 1. The quantitative estimate of drug-likeness (QED) is 0.729. The lowest BCUT2D eigenvalue weighted by atomic mass is 10.1. The number of thioether (sulfide) groups is 1. The Balaban J connectivity index is 2.12. The Labute approximate surface area is 163 Å². The minimum Gasteiger partial charge on any atom is -0.357 e. The molecule has 26 heavy (non-hydrogen) atoms. The smallest absolute Gasteiger partial charge is 0.242 e. The van der Waals surface area contributed by atoms with E-state index in [1.165, 1.54) is 17.3 Å². The first-order valence-corrected chi connectivity index (χ1v) is 9.72. The average molecular weight is 391 g/mol. The Morgan fingerprint density at radius 3 is 2.50 bits per heavy atom. The van der Waals surface area contributed by atoms with Crippen molar-refractivity contribution in [3.8, 4) is 0 Å². The van der Waals surface area contributed by atoms with Gasteiger partial charge in [0.15, 0.2) is 0 Å². The van der Waals surface area contributed by atoms with Crippen LogP contribution in [0.15, 0.2) is 53.4 Å². The van der Waals surface area contributed by atoms with Gasteiger partial charge in [0.2, 0.25) is 11.8 Å². The molecule has 0 radical (unpaired) electrons. The molecule has 0 bridgehead atoms.